The molecule has 0 amide bonds. The third-order valence-electron chi connectivity index (χ3n) is 3.73. The molecule has 2 atom stereocenters. The van der Waals surface area contributed by atoms with Crippen molar-refractivity contribution in [3.05, 3.63) is 0 Å². The Bertz CT molecular complexity index is 203. The molecule has 0 N–H and O–H groups in total. The van der Waals surface area contributed by atoms with E-state index in [0.717, 1.165) is 24.8 Å². The topological polar surface area (TPSA) is 20.3 Å². The maximum absolute atomic E-state index is 10.8. The van der Waals surface area contributed by atoms with Crippen LogP contribution in [0.2, 0.25) is 0 Å². The Kier molecular flexibility index (Phi) is 5.30. The summed E-state index contributed by atoms with van der Waals surface area (Å²) in [6, 6.07) is 0.732. The Morgan fingerprint density at radius 2 is 2.07 bits per heavy atom. The molecule has 1 aliphatic rings. The molecule has 0 spiro atoms. The molecule has 2 nitrogen and oxygen atoms in total. The van der Waals surface area contributed by atoms with E-state index in [1.54, 1.807) is 6.92 Å². The number of carbonyl (C=O) groups is 1. The van der Waals surface area contributed by atoms with Gasteiger partial charge in [0.25, 0.3) is 0 Å². The minimum absolute atomic E-state index is 0.329. The zero-order chi connectivity index (χ0) is 11.3. The molecule has 0 radical (unpaired) electrons. The normalized spacial score (nSPS) is 27.9. The summed E-state index contributed by atoms with van der Waals surface area (Å²) in [6.45, 7) is 8.82. The summed E-state index contributed by atoms with van der Waals surface area (Å²) in [7, 11) is 0. The highest BCUT2D eigenvalue weighted by atomic mass is 16.1. The van der Waals surface area contributed by atoms with E-state index in [2.05, 4.69) is 18.7 Å². The number of ketones is 1. The van der Waals surface area contributed by atoms with Gasteiger partial charge in [0.05, 0.1) is 0 Å². The molecule has 0 aromatic rings. The van der Waals surface area contributed by atoms with Crippen molar-refractivity contribution in [2.45, 2.75) is 58.9 Å². The molecule has 1 fully saturated rings. The Morgan fingerprint density at radius 1 is 1.33 bits per heavy atom. The molecule has 1 saturated heterocycles. The lowest BCUT2D eigenvalue weighted by Gasteiger charge is -2.37. The van der Waals surface area contributed by atoms with Crippen LogP contribution in [-0.4, -0.2) is 29.8 Å². The van der Waals surface area contributed by atoms with Crippen LogP contribution in [0.5, 0.6) is 0 Å². The standard InChI is InChI=1S/C13H25NO/c1-11-7-6-10-14(13(11)3)9-5-4-8-12(2)15/h11,13H,4-10H2,1-3H3. The second kappa shape index (κ2) is 6.26. The van der Waals surface area contributed by atoms with E-state index < -0.39 is 0 Å². The number of Topliss-reactive ketones (excluding diaryl/α,β-unsaturated/α-hetero) is 1. The molecule has 0 aromatic carbocycles. The van der Waals surface area contributed by atoms with Gasteiger partial charge in [-0.3, -0.25) is 0 Å². The van der Waals surface area contributed by atoms with Crippen molar-refractivity contribution in [3.8, 4) is 0 Å². The second-order valence-electron chi connectivity index (χ2n) is 5.06. The van der Waals surface area contributed by atoms with Gasteiger partial charge in [-0.05, 0) is 58.5 Å². The van der Waals surface area contributed by atoms with Crippen molar-refractivity contribution in [3.63, 3.8) is 0 Å². The van der Waals surface area contributed by atoms with Crippen LogP contribution in [0.4, 0.5) is 0 Å². The third kappa shape index (κ3) is 4.33. The van der Waals surface area contributed by atoms with Crippen molar-refractivity contribution in [1.29, 1.82) is 0 Å². The number of hydrogen-bond donors (Lipinski definition) is 0. The van der Waals surface area contributed by atoms with Crippen LogP contribution in [0.3, 0.4) is 0 Å². The number of rotatable bonds is 5. The summed E-state index contributed by atoms with van der Waals surface area (Å²) in [5.41, 5.74) is 0. The average Bonchev–Trinajstić information content (AvgIpc) is 2.18. The lowest BCUT2D eigenvalue weighted by molar-refractivity contribution is -0.117. The molecule has 0 aliphatic carbocycles. The van der Waals surface area contributed by atoms with Gasteiger partial charge in [-0.15, -0.1) is 0 Å². The summed E-state index contributed by atoms with van der Waals surface area (Å²) >= 11 is 0. The first-order valence-electron chi connectivity index (χ1n) is 6.34. The molecule has 2 heteroatoms. The van der Waals surface area contributed by atoms with Gasteiger partial charge in [0.15, 0.2) is 0 Å². The maximum atomic E-state index is 10.8. The fraction of sp³-hybridized carbons (Fsp3) is 0.923. The van der Waals surface area contributed by atoms with Crippen molar-refractivity contribution in [2.75, 3.05) is 13.1 Å². The Hall–Kier alpha value is -0.370. The van der Waals surface area contributed by atoms with Crippen molar-refractivity contribution in [2.24, 2.45) is 5.92 Å². The minimum atomic E-state index is 0.329. The van der Waals surface area contributed by atoms with Crippen LogP contribution in [-0.2, 0) is 4.79 Å². The van der Waals surface area contributed by atoms with Crippen molar-refractivity contribution >= 4 is 5.78 Å². The van der Waals surface area contributed by atoms with Crippen molar-refractivity contribution < 1.29 is 4.79 Å². The van der Waals surface area contributed by atoms with Gasteiger partial charge < -0.3 is 9.69 Å². The summed E-state index contributed by atoms with van der Waals surface area (Å²) < 4.78 is 0. The number of unbranched alkanes of at least 4 members (excludes halogenated alkanes) is 1. The molecule has 0 saturated carbocycles. The van der Waals surface area contributed by atoms with E-state index in [1.807, 2.05) is 0 Å². The molecule has 2 unspecified atom stereocenters. The Balaban J connectivity index is 2.17. The summed E-state index contributed by atoms with van der Waals surface area (Å²) in [4.78, 5) is 13.4. The fourth-order valence-electron chi connectivity index (χ4n) is 2.43. The predicted octanol–water partition coefficient (Wildman–Crippen LogP) is 2.87. The van der Waals surface area contributed by atoms with Crippen LogP contribution >= 0.6 is 0 Å². The van der Waals surface area contributed by atoms with E-state index >= 15 is 0 Å². The number of nitrogens with zero attached hydrogens (tertiary/aromatic N) is 1. The summed E-state index contributed by atoms with van der Waals surface area (Å²) in [6.07, 6.45) is 5.73. The average molecular weight is 211 g/mol. The van der Waals surface area contributed by atoms with Gasteiger partial charge in [0, 0.05) is 12.5 Å². The maximum Gasteiger partial charge on any atom is 0.129 e. The summed E-state index contributed by atoms with van der Waals surface area (Å²) in [5, 5.41) is 0. The van der Waals surface area contributed by atoms with E-state index in [0.29, 0.717) is 5.78 Å². The first-order chi connectivity index (χ1) is 7.11. The molecule has 1 aliphatic heterocycles. The van der Waals surface area contributed by atoms with Gasteiger partial charge in [-0.2, -0.15) is 0 Å². The van der Waals surface area contributed by atoms with Crippen molar-refractivity contribution in [1.82, 2.24) is 4.90 Å². The lowest BCUT2D eigenvalue weighted by Crippen LogP contribution is -2.42. The Labute approximate surface area is 94.0 Å². The number of piperidine rings is 1. The second-order valence-corrected chi connectivity index (χ2v) is 5.06. The van der Waals surface area contributed by atoms with Gasteiger partial charge in [-0.1, -0.05) is 6.92 Å². The monoisotopic (exact) mass is 211 g/mol. The number of carbonyl (C=O) groups excluding carboxylic acids is 1. The van der Waals surface area contributed by atoms with E-state index in [-0.39, 0.29) is 0 Å². The zero-order valence-corrected chi connectivity index (χ0v) is 10.5. The number of likely N-dealkylation sites (tertiary alicyclic amines) is 1. The predicted molar refractivity (Wildman–Crippen MR) is 64.0 cm³/mol. The van der Waals surface area contributed by atoms with Crippen LogP contribution < -0.4 is 0 Å². The number of hydrogen-bond acceptors (Lipinski definition) is 2. The molecule has 0 bridgehead atoms. The molecular formula is C13H25NO. The first kappa shape index (κ1) is 12.7. The van der Waals surface area contributed by atoms with E-state index in [4.69, 9.17) is 0 Å². The van der Waals surface area contributed by atoms with Gasteiger partial charge in [0.2, 0.25) is 0 Å². The lowest BCUT2D eigenvalue weighted by atomic mass is 9.92. The minimum Gasteiger partial charge on any atom is -0.300 e. The van der Waals surface area contributed by atoms with E-state index in [1.165, 1.54) is 32.4 Å². The van der Waals surface area contributed by atoms with Gasteiger partial charge >= 0.3 is 0 Å². The quantitative estimate of drug-likeness (QED) is 0.652. The first-order valence-corrected chi connectivity index (χ1v) is 6.34. The SMILES string of the molecule is CC(=O)CCCCN1CCCC(C)C1C. The highest BCUT2D eigenvalue weighted by molar-refractivity contribution is 5.75. The molecule has 88 valence electrons. The van der Waals surface area contributed by atoms with Crippen LogP contribution in [0, 0.1) is 5.92 Å². The fourth-order valence-corrected chi connectivity index (χ4v) is 2.43. The molecule has 1 heterocycles. The van der Waals surface area contributed by atoms with Crippen LogP contribution in [0.25, 0.3) is 0 Å². The zero-order valence-electron chi connectivity index (χ0n) is 10.5. The van der Waals surface area contributed by atoms with Gasteiger partial charge in [0.1, 0.15) is 5.78 Å². The largest absolute Gasteiger partial charge is 0.300 e. The highest BCUT2D eigenvalue weighted by Crippen LogP contribution is 2.22. The molecular weight excluding hydrogens is 186 g/mol. The molecule has 15 heavy (non-hydrogen) atoms. The molecule has 1 rings (SSSR count). The summed E-state index contributed by atoms with van der Waals surface area (Å²) in [5.74, 6) is 1.17. The van der Waals surface area contributed by atoms with E-state index in [9.17, 15) is 4.79 Å². The van der Waals surface area contributed by atoms with Crippen LogP contribution in [0.15, 0.2) is 0 Å². The smallest absolute Gasteiger partial charge is 0.129 e. The highest BCUT2D eigenvalue weighted by Gasteiger charge is 2.23. The van der Waals surface area contributed by atoms with Gasteiger partial charge in [-0.25, -0.2) is 0 Å². The molecule has 0 aromatic heterocycles. The Morgan fingerprint density at radius 3 is 2.73 bits per heavy atom. The van der Waals surface area contributed by atoms with Crippen LogP contribution in [0.1, 0.15) is 52.9 Å². The third-order valence-corrected chi connectivity index (χ3v) is 3.73.